The van der Waals surface area contributed by atoms with Crippen molar-refractivity contribution in [1.29, 1.82) is 0 Å². The molecule has 0 amide bonds. The third-order valence-electron chi connectivity index (χ3n) is 3.08. The van der Waals surface area contributed by atoms with Gasteiger partial charge < -0.3 is 10.1 Å². The van der Waals surface area contributed by atoms with Crippen LogP contribution in [0, 0.1) is 5.92 Å². The van der Waals surface area contributed by atoms with Crippen molar-refractivity contribution in [3.8, 4) is 0 Å². The summed E-state index contributed by atoms with van der Waals surface area (Å²) in [6.07, 6.45) is 1.33. The summed E-state index contributed by atoms with van der Waals surface area (Å²) in [7, 11) is 1.74. The number of hydrogen-bond acceptors (Lipinski definition) is 2. The molecule has 0 aliphatic heterocycles. The van der Waals surface area contributed by atoms with Gasteiger partial charge in [-0.05, 0) is 23.5 Å². The first kappa shape index (κ1) is 10.7. The standard InChI is InChI=1S/C13H19NO/c1-10-7-13(10)14-8-11-5-3-4-6-12(11)9-15-2/h3-6,10,13-14H,7-9H2,1-2H3. The van der Waals surface area contributed by atoms with Gasteiger partial charge in [-0.3, -0.25) is 0 Å². The van der Waals surface area contributed by atoms with E-state index in [9.17, 15) is 0 Å². The van der Waals surface area contributed by atoms with Crippen LogP contribution < -0.4 is 5.32 Å². The van der Waals surface area contributed by atoms with Gasteiger partial charge in [0.15, 0.2) is 0 Å². The molecule has 1 aliphatic carbocycles. The van der Waals surface area contributed by atoms with Crippen molar-refractivity contribution >= 4 is 0 Å². The third kappa shape index (κ3) is 2.80. The van der Waals surface area contributed by atoms with E-state index in [1.54, 1.807) is 7.11 Å². The molecule has 1 N–H and O–H groups in total. The molecule has 0 aromatic heterocycles. The predicted octanol–water partition coefficient (Wildman–Crippen LogP) is 2.33. The van der Waals surface area contributed by atoms with Gasteiger partial charge in [0.05, 0.1) is 6.61 Å². The zero-order chi connectivity index (χ0) is 10.7. The van der Waals surface area contributed by atoms with Crippen LogP contribution in [0.25, 0.3) is 0 Å². The number of rotatable bonds is 5. The van der Waals surface area contributed by atoms with Crippen LogP contribution in [0.3, 0.4) is 0 Å². The van der Waals surface area contributed by atoms with Gasteiger partial charge >= 0.3 is 0 Å². The summed E-state index contributed by atoms with van der Waals surface area (Å²) >= 11 is 0. The van der Waals surface area contributed by atoms with Crippen molar-refractivity contribution in [3.05, 3.63) is 35.4 Å². The largest absolute Gasteiger partial charge is 0.380 e. The summed E-state index contributed by atoms with van der Waals surface area (Å²) < 4.78 is 5.18. The van der Waals surface area contributed by atoms with Gasteiger partial charge in [-0.25, -0.2) is 0 Å². The average molecular weight is 205 g/mol. The molecule has 2 atom stereocenters. The fourth-order valence-electron chi connectivity index (χ4n) is 1.87. The van der Waals surface area contributed by atoms with E-state index in [0.29, 0.717) is 6.61 Å². The Labute approximate surface area is 91.6 Å². The van der Waals surface area contributed by atoms with Crippen molar-refractivity contribution in [1.82, 2.24) is 5.32 Å². The molecule has 1 aromatic carbocycles. The molecule has 0 spiro atoms. The SMILES string of the molecule is COCc1ccccc1CNC1CC1C. The molecule has 2 nitrogen and oxygen atoms in total. The number of methoxy groups -OCH3 is 1. The lowest BCUT2D eigenvalue weighted by molar-refractivity contribution is 0.184. The smallest absolute Gasteiger partial charge is 0.0716 e. The minimum Gasteiger partial charge on any atom is -0.380 e. The first-order valence-corrected chi connectivity index (χ1v) is 5.60. The molecule has 82 valence electrons. The summed E-state index contributed by atoms with van der Waals surface area (Å²) in [5.41, 5.74) is 2.65. The highest BCUT2D eigenvalue weighted by molar-refractivity contribution is 5.26. The van der Waals surface area contributed by atoms with Crippen molar-refractivity contribution in [2.75, 3.05) is 7.11 Å². The summed E-state index contributed by atoms with van der Waals surface area (Å²) in [4.78, 5) is 0. The van der Waals surface area contributed by atoms with Gasteiger partial charge in [-0.1, -0.05) is 31.2 Å². The molecule has 1 fully saturated rings. The molecule has 2 rings (SSSR count). The number of ether oxygens (including phenoxy) is 1. The van der Waals surface area contributed by atoms with Crippen LogP contribution in [-0.2, 0) is 17.9 Å². The highest BCUT2D eigenvalue weighted by Gasteiger charge is 2.31. The van der Waals surface area contributed by atoms with Crippen LogP contribution in [0.4, 0.5) is 0 Å². The molecule has 15 heavy (non-hydrogen) atoms. The highest BCUT2D eigenvalue weighted by Crippen LogP contribution is 2.29. The lowest BCUT2D eigenvalue weighted by Gasteiger charge is -2.09. The normalized spacial score (nSPS) is 24.1. The zero-order valence-electron chi connectivity index (χ0n) is 9.49. The molecule has 0 bridgehead atoms. The van der Waals surface area contributed by atoms with E-state index in [0.717, 1.165) is 18.5 Å². The van der Waals surface area contributed by atoms with Crippen LogP contribution in [0.2, 0.25) is 0 Å². The first-order valence-electron chi connectivity index (χ1n) is 5.60. The second kappa shape index (κ2) is 4.77. The van der Waals surface area contributed by atoms with Gasteiger partial charge in [0.1, 0.15) is 0 Å². The van der Waals surface area contributed by atoms with Crippen LogP contribution in [0.5, 0.6) is 0 Å². The average Bonchev–Trinajstić information content (AvgIpc) is 2.94. The van der Waals surface area contributed by atoms with Gasteiger partial charge in [-0.15, -0.1) is 0 Å². The molecule has 0 heterocycles. The molecule has 0 saturated heterocycles. The second-order valence-electron chi connectivity index (χ2n) is 4.40. The Morgan fingerprint density at radius 3 is 2.60 bits per heavy atom. The summed E-state index contributed by atoms with van der Waals surface area (Å²) in [6.45, 7) is 3.96. The topological polar surface area (TPSA) is 21.3 Å². The van der Waals surface area contributed by atoms with E-state index >= 15 is 0 Å². The number of nitrogens with one attached hydrogen (secondary N) is 1. The van der Waals surface area contributed by atoms with E-state index in [4.69, 9.17) is 4.74 Å². The zero-order valence-corrected chi connectivity index (χ0v) is 9.49. The predicted molar refractivity (Wildman–Crippen MR) is 61.6 cm³/mol. The number of hydrogen-bond donors (Lipinski definition) is 1. The highest BCUT2D eigenvalue weighted by atomic mass is 16.5. The van der Waals surface area contributed by atoms with Crippen molar-refractivity contribution in [3.63, 3.8) is 0 Å². The molecule has 2 unspecified atom stereocenters. The summed E-state index contributed by atoms with van der Waals surface area (Å²) in [5.74, 6) is 0.861. The molecule has 1 saturated carbocycles. The molecule has 1 aliphatic rings. The Morgan fingerprint density at radius 1 is 1.33 bits per heavy atom. The summed E-state index contributed by atoms with van der Waals surface area (Å²) in [5, 5.41) is 3.57. The van der Waals surface area contributed by atoms with E-state index in [2.05, 4.69) is 36.5 Å². The van der Waals surface area contributed by atoms with Crippen LogP contribution >= 0.6 is 0 Å². The minimum atomic E-state index is 0.706. The maximum atomic E-state index is 5.18. The van der Waals surface area contributed by atoms with E-state index in [1.165, 1.54) is 17.5 Å². The Bertz CT molecular complexity index is 324. The Hall–Kier alpha value is -0.860. The van der Waals surface area contributed by atoms with E-state index < -0.39 is 0 Å². The third-order valence-corrected chi connectivity index (χ3v) is 3.08. The van der Waals surface area contributed by atoms with Crippen molar-refractivity contribution < 1.29 is 4.74 Å². The molecule has 2 heteroatoms. The Balaban J connectivity index is 1.93. The first-order chi connectivity index (χ1) is 7.31. The fourth-order valence-corrected chi connectivity index (χ4v) is 1.87. The van der Waals surface area contributed by atoms with Crippen LogP contribution in [-0.4, -0.2) is 13.2 Å². The van der Waals surface area contributed by atoms with Crippen LogP contribution in [0.1, 0.15) is 24.5 Å². The minimum absolute atomic E-state index is 0.706. The number of benzene rings is 1. The van der Waals surface area contributed by atoms with Gasteiger partial charge in [0.2, 0.25) is 0 Å². The molecular weight excluding hydrogens is 186 g/mol. The molecule has 1 aromatic rings. The quantitative estimate of drug-likeness (QED) is 0.796. The maximum Gasteiger partial charge on any atom is 0.0716 e. The van der Waals surface area contributed by atoms with Crippen molar-refractivity contribution in [2.45, 2.75) is 32.5 Å². The molecular formula is C13H19NO. The Kier molecular flexibility index (Phi) is 3.39. The lowest BCUT2D eigenvalue weighted by Crippen LogP contribution is -2.18. The lowest BCUT2D eigenvalue weighted by atomic mass is 10.1. The fraction of sp³-hybridized carbons (Fsp3) is 0.538. The Morgan fingerprint density at radius 2 is 2.00 bits per heavy atom. The van der Waals surface area contributed by atoms with Gasteiger partial charge in [0, 0.05) is 19.7 Å². The van der Waals surface area contributed by atoms with Gasteiger partial charge in [-0.2, -0.15) is 0 Å². The van der Waals surface area contributed by atoms with Gasteiger partial charge in [0.25, 0.3) is 0 Å². The van der Waals surface area contributed by atoms with Crippen molar-refractivity contribution in [2.24, 2.45) is 5.92 Å². The maximum absolute atomic E-state index is 5.18. The monoisotopic (exact) mass is 205 g/mol. The molecule has 0 radical (unpaired) electrons. The summed E-state index contributed by atoms with van der Waals surface area (Å²) in [6, 6.07) is 9.20. The van der Waals surface area contributed by atoms with Crippen LogP contribution in [0.15, 0.2) is 24.3 Å². The van der Waals surface area contributed by atoms with E-state index in [1.807, 2.05) is 0 Å². The second-order valence-corrected chi connectivity index (χ2v) is 4.40. The van der Waals surface area contributed by atoms with E-state index in [-0.39, 0.29) is 0 Å².